The zero-order chi connectivity index (χ0) is 14.5. The summed E-state index contributed by atoms with van der Waals surface area (Å²) in [5.74, 6) is -0.801. The summed E-state index contributed by atoms with van der Waals surface area (Å²) in [7, 11) is 1.83. The maximum Gasteiger partial charge on any atom is 0.320 e. The number of aliphatic carboxylic acids is 1. The lowest BCUT2D eigenvalue weighted by Crippen LogP contribution is -2.35. The van der Waals surface area contributed by atoms with Gasteiger partial charge in [0.15, 0.2) is 0 Å². The van der Waals surface area contributed by atoms with E-state index in [1.165, 1.54) is 0 Å². The molecule has 2 aromatic carbocycles. The van der Waals surface area contributed by atoms with Gasteiger partial charge in [-0.25, -0.2) is 0 Å². The van der Waals surface area contributed by atoms with Gasteiger partial charge < -0.3 is 5.11 Å². The Morgan fingerprint density at radius 1 is 1.10 bits per heavy atom. The van der Waals surface area contributed by atoms with Crippen molar-refractivity contribution < 1.29 is 9.90 Å². The van der Waals surface area contributed by atoms with Crippen molar-refractivity contribution in [3.05, 3.63) is 60.2 Å². The molecule has 0 saturated carbocycles. The molecule has 104 valence electrons. The van der Waals surface area contributed by atoms with Crippen molar-refractivity contribution in [1.29, 1.82) is 0 Å². The lowest BCUT2D eigenvalue weighted by Gasteiger charge is -2.22. The quantitative estimate of drug-likeness (QED) is 0.905. The third-order valence-electron chi connectivity index (χ3n) is 3.54. The molecule has 20 heavy (non-hydrogen) atoms. The van der Waals surface area contributed by atoms with Crippen molar-refractivity contribution >= 4 is 5.97 Å². The second-order valence-electron chi connectivity index (χ2n) is 4.95. The minimum Gasteiger partial charge on any atom is -0.480 e. The van der Waals surface area contributed by atoms with Crippen molar-refractivity contribution in [2.24, 2.45) is 0 Å². The van der Waals surface area contributed by atoms with Gasteiger partial charge in [-0.3, -0.25) is 9.69 Å². The molecule has 0 heterocycles. The number of carboxylic acids is 1. The van der Waals surface area contributed by atoms with E-state index >= 15 is 0 Å². The minimum absolute atomic E-state index is 0.501. The van der Waals surface area contributed by atoms with Gasteiger partial charge in [0.25, 0.3) is 0 Å². The zero-order valence-corrected chi connectivity index (χ0v) is 11.8. The summed E-state index contributed by atoms with van der Waals surface area (Å²) in [6.07, 6.45) is 0. The highest BCUT2D eigenvalue weighted by molar-refractivity contribution is 5.73. The maximum atomic E-state index is 11.0. The number of likely N-dealkylation sites (N-methyl/N-ethyl adjacent to an activating group) is 1. The molecule has 0 radical (unpaired) electrons. The van der Waals surface area contributed by atoms with E-state index in [0.29, 0.717) is 6.54 Å². The van der Waals surface area contributed by atoms with Gasteiger partial charge >= 0.3 is 5.97 Å². The molecule has 1 N–H and O–H groups in total. The van der Waals surface area contributed by atoms with Crippen molar-refractivity contribution in [1.82, 2.24) is 4.90 Å². The fourth-order valence-corrected chi connectivity index (χ4v) is 2.15. The van der Waals surface area contributed by atoms with Crippen LogP contribution in [0, 0.1) is 0 Å². The van der Waals surface area contributed by atoms with Crippen LogP contribution in [-0.4, -0.2) is 29.1 Å². The molecule has 0 spiro atoms. The number of carboxylic acid groups (broad SMARTS) is 1. The Balaban J connectivity index is 2.27. The minimum atomic E-state index is -0.801. The highest BCUT2D eigenvalue weighted by Gasteiger charge is 2.17. The first-order valence-electron chi connectivity index (χ1n) is 6.66. The van der Waals surface area contributed by atoms with Gasteiger partial charge in [-0.1, -0.05) is 54.6 Å². The molecule has 3 nitrogen and oxygen atoms in total. The lowest BCUT2D eigenvalue weighted by atomic mass is 9.99. The number of benzene rings is 2. The Bertz CT molecular complexity index is 581. The van der Waals surface area contributed by atoms with E-state index in [-0.39, 0.29) is 0 Å². The Labute approximate surface area is 119 Å². The van der Waals surface area contributed by atoms with Gasteiger partial charge in [0, 0.05) is 6.54 Å². The molecular formula is C17H19NO2. The monoisotopic (exact) mass is 269 g/mol. The lowest BCUT2D eigenvalue weighted by molar-refractivity contribution is -0.142. The second-order valence-corrected chi connectivity index (χ2v) is 4.95. The molecule has 2 aromatic rings. The summed E-state index contributed by atoms with van der Waals surface area (Å²) in [6, 6.07) is 17.8. The molecule has 1 atom stereocenters. The third kappa shape index (κ3) is 3.25. The fourth-order valence-electron chi connectivity index (χ4n) is 2.15. The fraction of sp³-hybridized carbons (Fsp3) is 0.235. The number of nitrogens with zero attached hydrogens (tertiary/aromatic N) is 1. The first-order valence-corrected chi connectivity index (χ1v) is 6.66. The van der Waals surface area contributed by atoms with Gasteiger partial charge in [0.05, 0.1) is 0 Å². The van der Waals surface area contributed by atoms with E-state index < -0.39 is 12.0 Å². The average molecular weight is 269 g/mol. The van der Waals surface area contributed by atoms with Crippen LogP contribution in [0.3, 0.4) is 0 Å². The Morgan fingerprint density at radius 2 is 1.70 bits per heavy atom. The highest BCUT2D eigenvalue weighted by Crippen LogP contribution is 2.24. The predicted octanol–water partition coefficient (Wildman–Crippen LogP) is 3.26. The molecule has 0 aliphatic rings. The molecule has 0 bridgehead atoms. The van der Waals surface area contributed by atoms with Crippen LogP contribution in [0.5, 0.6) is 0 Å². The molecule has 0 aromatic heterocycles. The first kappa shape index (κ1) is 14.3. The summed E-state index contributed by atoms with van der Waals surface area (Å²) < 4.78 is 0. The van der Waals surface area contributed by atoms with Gasteiger partial charge in [0.2, 0.25) is 0 Å². The van der Waals surface area contributed by atoms with Crippen molar-refractivity contribution in [3.8, 4) is 11.1 Å². The standard InChI is InChI=1S/C17H19NO2/c1-13(17(19)20)18(2)12-15-10-6-7-11-16(15)14-8-4-3-5-9-14/h3-11,13H,12H2,1-2H3,(H,19,20)/t13-/m0/s1. The van der Waals surface area contributed by atoms with E-state index in [2.05, 4.69) is 18.2 Å². The van der Waals surface area contributed by atoms with Gasteiger partial charge in [-0.2, -0.15) is 0 Å². The van der Waals surface area contributed by atoms with Crippen LogP contribution in [0.1, 0.15) is 12.5 Å². The SMILES string of the molecule is C[C@@H](C(=O)O)N(C)Cc1ccccc1-c1ccccc1. The molecule has 0 saturated heterocycles. The molecule has 0 aliphatic heterocycles. The Morgan fingerprint density at radius 3 is 2.35 bits per heavy atom. The van der Waals surface area contributed by atoms with Crippen LogP contribution < -0.4 is 0 Å². The number of hydrogen-bond donors (Lipinski definition) is 1. The van der Waals surface area contributed by atoms with Crippen molar-refractivity contribution in [3.63, 3.8) is 0 Å². The predicted molar refractivity (Wildman–Crippen MR) is 80.4 cm³/mol. The first-order chi connectivity index (χ1) is 9.59. The van der Waals surface area contributed by atoms with Crippen LogP contribution in [0.25, 0.3) is 11.1 Å². The second kappa shape index (κ2) is 6.35. The molecule has 2 rings (SSSR count). The zero-order valence-electron chi connectivity index (χ0n) is 11.8. The molecule has 0 fully saturated rings. The molecular weight excluding hydrogens is 250 g/mol. The molecule has 0 unspecified atom stereocenters. The molecule has 0 aliphatic carbocycles. The Hall–Kier alpha value is -2.13. The summed E-state index contributed by atoms with van der Waals surface area (Å²) >= 11 is 0. The van der Waals surface area contributed by atoms with Gasteiger partial charge in [0.1, 0.15) is 6.04 Å². The van der Waals surface area contributed by atoms with Crippen LogP contribution in [0.15, 0.2) is 54.6 Å². The normalized spacial score (nSPS) is 12.3. The maximum absolute atomic E-state index is 11.0. The largest absolute Gasteiger partial charge is 0.480 e. The summed E-state index contributed by atoms with van der Waals surface area (Å²) in [6.45, 7) is 2.31. The average Bonchev–Trinajstić information content (AvgIpc) is 2.47. The highest BCUT2D eigenvalue weighted by atomic mass is 16.4. The summed E-state index contributed by atoms with van der Waals surface area (Å²) in [5.41, 5.74) is 3.44. The van der Waals surface area contributed by atoms with E-state index in [1.54, 1.807) is 6.92 Å². The summed E-state index contributed by atoms with van der Waals surface area (Å²) in [5, 5.41) is 9.08. The van der Waals surface area contributed by atoms with Crippen molar-refractivity contribution in [2.45, 2.75) is 19.5 Å². The van der Waals surface area contributed by atoms with Crippen LogP contribution >= 0.6 is 0 Å². The smallest absolute Gasteiger partial charge is 0.320 e. The number of hydrogen-bond acceptors (Lipinski definition) is 2. The summed E-state index contributed by atoms with van der Waals surface area (Å²) in [4.78, 5) is 12.9. The van der Waals surface area contributed by atoms with Crippen LogP contribution in [0.4, 0.5) is 0 Å². The Kier molecular flexibility index (Phi) is 4.53. The van der Waals surface area contributed by atoms with Gasteiger partial charge in [-0.15, -0.1) is 0 Å². The topological polar surface area (TPSA) is 40.5 Å². The van der Waals surface area contributed by atoms with E-state index in [4.69, 9.17) is 5.11 Å². The van der Waals surface area contributed by atoms with Crippen LogP contribution in [0.2, 0.25) is 0 Å². The van der Waals surface area contributed by atoms with Crippen LogP contribution in [-0.2, 0) is 11.3 Å². The van der Waals surface area contributed by atoms with Gasteiger partial charge in [-0.05, 0) is 30.7 Å². The number of carbonyl (C=O) groups is 1. The molecule has 3 heteroatoms. The number of rotatable bonds is 5. The van der Waals surface area contributed by atoms with E-state index in [0.717, 1.165) is 16.7 Å². The third-order valence-corrected chi connectivity index (χ3v) is 3.54. The van der Waals surface area contributed by atoms with Crippen molar-refractivity contribution in [2.75, 3.05) is 7.05 Å². The molecule has 0 amide bonds. The van der Waals surface area contributed by atoms with E-state index in [9.17, 15) is 4.79 Å². The van der Waals surface area contributed by atoms with E-state index in [1.807, 2.05) is 48.3 Å².